The maximum absolute atomic E-state index is 12.3. The van der Waals surface area contributed by atoms with Crippen LogP contribution in [0.1, 0.15) is 25.5 Å². The minimum Gasteiger partial charge on any atom is -0.491 e. The van der Waals surface area contributed by atoms with Crippen LogP contribution in [0.3, 0.4) is 0 Å². The van der Waals surface area contributed by atoms with Gasteiger partial charge in [-0.05, 0) is 31.5 Å². The monoisotopic (exact) mass is 269 g/mol. The standard InChI is InChI=1S/C11H14F3NO.ClH/c1-7(2)16-9-5-3-8(4-6-9)10(15)11(12,13)14;/h3-7,10H,15H2,1-2H3;1H. The van der Waals surface area contributed by atoms with Gasteiger partial charge in [0.1, 0.15) is 11.8 Å². The first kappa shape index (κ1) is 16.1. The lowest BCUT2D eigenvalue weighted by Gasteiger charge is -2.16. The molecule has 0 heterocycles. The molecule has 0 aliphatic carbocycles. The van der Waals surface area contributed by atoms with Crippen LogP contribution in [0.25, 0.3) is 0 Å². The van der Waals surface area contributed by atoms with Crippen LogP contribution in [-0.2, 0) is 0 Å². The zero-order chi connectivity index (χ0) is 12.3. The fourth-order valence-electron chi connectivity index (χ4n) is 1.21. The van der Waals surface area contributed by atoms with Gasteiger partial charge in [-0.15, -0.1) is 12.4 Å². The van der Waals surface area contributed by atoms with Crippen molar-refractivity contribution in [3.8, 4) is 5.75 Å². The largest absolute Gasteiger partial charge is 0.491 e. The second-order valence-corrected chi connectivity index (χ2v) is 3.75. The maximum atomic E-state index is 12.3. The Labute approximate surface area is 104 Å². The van der Waals surface area contributed by atoms with E-state index in [9.17, 15) is 13.2 Å². The highest BCUT2D eigenvalue weighted by atomic mass is 35.5. The first-order chi connectivity index (χ1) is 7.30. The third-order valence-electron chi connectivity index (χ3n) is 1.96. The van der Waals surface area contributed by atoms with E-state index in [1.165, 1.54) is 24.3 Å². The topological polar surface area (TPSA) is 35.2 Å². The van der Waals surface area contributed by atoms with Crippen LogP contribution in [0.4, 0.5) is 13.2 Å². The fourth-order valence-corrected chi connectivity index (χ4v) is 1.21. The van der Waals surface area contributed by atoms with Gasteiger partial charge in [0, 0.05) is 0 Å². The Balaban J connectivity index is 0.00000256. The number of hydrogen-bond donors (Lipinski definition) is 1. The summed E-state index contributed by atoms with van der Waals surface area (Å²) >= 11 is 0. The number of ether oxygens (including phenoxy) is 1. The molecule has 0 aromatic heterocycles. The van der Waals surface area contributed by atoms with E-state index in [0.29, 0.717) is 5.75 Å². The molecule has 6 heteroatoms. The Morgan fingerprint density at radius 2 is 1.59 bits per heavy atom. The summed E-state index contributed by atoms with van der Waals surface area (Å²) in [6.07, 6.45) is -4.43. The van der Waals surface area contributed by atoms with E-state index in [1.807, 2.05) is 13.8 Å². The van der Waals surface area contributed by atoms with E-state index < -0.39 is 12.2 Å². The first-order valence-electron chi connectivity index (χ1n) is 4.89. The van der Waals surface area contributed by atoms with Crippen molar-refractivity contribution in [1.29, 1.82) is 0 Å². The summed E-state index contributed by atoms with van der Waals surface area (Å²) in [4.78, 5) is 0. The summed E-state index contributed by atoms with van der Waals surface area (Å²) in [5.41, 5.74) is 5.09. The summed E-state index contributed by atoms with van der Waals surface area (Å²) in [6, 6.07) is 3.69. The van der Waals surface area contributed by atoms with Crippen LogP contribution >= 0.6 is 12.4 Å². The van der Waals surface area contributed by atoms with Gasteiger partial charge in [-0.2, -0.15) is 13.2 Å². The molecule has 1 atom stereocenters. The number of rotatable bonds is 3. The van der Waals surface area contributed by atoms with Gasteiger partial charge in [-0.1, -0.05) is 12.1 Å². The van der Waals surface area contributed by atoms with Gasteiger partial charge < -0.3 is 10.5 Å². The molecule has 0 aliphatic rings. The molecule has 2 N–H and O–H groups in total. The van der Waals surface area contributed by atoms with Crippen molar-refractivity contribution >= 4 is 12.4 Å². The zero-order valence-electron chi connectivity index (χ0n) is 9.49. The normalized spacial score (nSPS) is 13.1. The van der Waals surface area contributed by atoms with Gasteiger partial charge in [0.25, 0.3) is 0 Å². The molecule has 0 amide bonds. The number of alkyl halides is 3. The van der Waals surface area contributed by atoms with Gasteiger partial charge in [-0.25, -0.2) is 0 Å². The molecule has 1 aromatic carbocycles. The molecular formula is C11H15ClF3NO. The van der Waals surface area contributed by atoms with Crippen molar-refractivity contribution in [2.24, 2.45) is 5.73 Å². The summed E-state index contributed by atoms with van der Waals surface area (Å²) < 4.78 is 42.2. The van der Waals surface area contributed by atoms with Crippen LogP contribution in [0, 0.1) is 0 Å². The highest BCUT2D eigenvalue weighted by molar-refractivity contribution is 5.85. The second kappa shape index (κ2) is 6.12. The first-order valence-corrected chi connectivity index (χ1v) is 4.89. The number of hydrogen-bond acceptors (Lipinski definition) is 2. The maximum Gasteiger partial charge on any atom is 0.407 e. The molecule has 2 nitrogen and oxygen atoms in total. The molecule has 0 fully saturated rings. The van der Waals surface area contributed by atoms with Crippen molar-refractivity contribution in [2.75, 3.05) is 0 Å². The molecule has 98 valence electrons. The molecule has 17 heavy (non-hydrogen) atoms. The van der Waals surface area contributed by atoms with E-state index in [2.05, 4.69) is 0 Å². The predicted molar refractivity (Wildman–Crippen MR) is 62.4 cm³/mol. The van der Waals surface area contributed by atoms with E-state index in [4.69, 9.17) is 10.5 Å². The van der Waals surface area contributed by atoms with Crippen molar-refractivity contribution in [1.82, 2.24) is 0 Å². The fraction of sp³-hybridized carbons (Fsp3) is 0.455. The third kappa shape index (κ3) is 4.83. The average molecular weight is 270 g/mol. The van der Waals surface area contributed by atoms with Gasteiger partial charge in [0.15, 0.2) is 0 Å². The van der Waals surface area contributed by atoms with Crippen molar-refractivity contribution in [3.63, 3.8) is 0 Å². The number of nitrogens with two attached hydrogens (primary N) is 1. The van der Waals surface area contributed by atoms with Gasteiger partial charge in [0.05, 0.1) is 6.10 Å². The van der Waals surface area contributed by atoms with Crippen molar-refractivity contribution in [3.05, 3.63) is 29.8 Å². The quantitative estimate of drug-likeness (QED) is 0.912. The van der Waals surface area contributed by atoms with Crippen molar-refractivity contribution in [2.45, 2.75) is 32.2 Å². The molecule has 1 aromatic rings. The molecule has 0 aliphatic heterocycles. The molecule has 0 bridgehead atoms. The Hall–Kier alpha value is -0.940. The number of halogens is 4. The van der Waals surface area contributed by atoms with E-state index in [-0.39, 0.29) is 24.1 Å². The number of benzene rings is 1. The lowest BCUT2D eigenvalue weighted by Crippen LogP contribution is -2.28. The van der Waals surface area contributed by atoms with Crippen LogP contribution in [0.5, 0.6) is 5.75 Å². The van der Waals surface area contributed by atoms with Crippen LogP contribution < -0.4 is 10.5 Å². The molecule has 0 spiro atoms. The average Bonchev–Trinajstić information content (AvgIpc) is 2.15. The Kier molecular flexibility index (Phi) is 5.78. The highest BCUT2D eigenvalue weighted by Crippen LogP contribution is 2.31. The Morgan fingerprint density at radius 1 is 1.12 bits per heavy atom. The smallest absolute Gasteiger partial charge is 0.407 e. The Morgan fingerprint density at radius 3 is 1.94 bits per heavy atom. The minimum absolute atomic E-state index is 0. The summed E-state index contributed by atoms with van der Waals surface area (Å²) in [6.45, 7) is 3.69. The lowest BCUT2D eigenvalue weighted by molar-refractivity contribution is -0.149. The van der Waals surface area contributed by atoms with Crippen LogP contribution in [0.2, 0.25) is 0 Å². The Bertz CT molecular complexity index is 338. The summed E-state index contributed by atoms with van der Waals surface area (Å²) in [5.74, 6) is 0.535. The van der Waals surface area contributed by atoms with E-state index in [0.717, 1.165) is 0 Å². The van der Waals surface area contributed by atoms with E-state index >= 15 is 0 Å². The molecule has 0 saturated carbocycles. The SMILES string of the molecule is CC(C)Oc1ccc(C(N)C(F)(F)F)cc1.Cl. The van der Waals surface area contributed by atoms with Gasteiger partial charge in [0.2, 0.25) is 0 Å². The molecule has 1 unspecified atom stereocenters. The highest BCUT2D eigenvalue weighted by Gasteiger charge is 2.37. The zero-order valence-corrected chi connectivity index (χ0v) is 10.3. The van der Waals surface area contributed by atoms with Gasteiger partial charge in [-0.3, -0.25) is 0 Å². The second-order valence-electron chi connectivity index (χ2n) is 3.75. The van der Waals surface area contributed by atoms with E-state index in [1.54, 1.807) is 0 Å². The van der Waals surface area contributed by atoms with Crippen LogP contribution in [-0.4, -0.2) is 12.3 Å². The van der Waals surface area contributed by atoms with Crippen molar-refractivity contribution < 1.29 is 17.9 Å². The van der Waals surface area contributed by atoms with Crippen LogP contribution in [0.15, 0.2) is 24.3 Å². The molecule has 0 saturated heterocycles. The van der Waals surface area contributed by atoms with Gasteiger partial charge >= 0.3 is 6.18 Å². The molecular weight excluding hydrogens is 255 g/mol. The minimum atomic E-state index is -4.42. The summed E-state index contributed by atoms with van der Waals surface area (Å²) in [7, 11) is 0. The molecule has 0 radical (unpaired) electrons. The molecule has 1 rings (SSSR count). The lowest BCUT2D eigenvalue weighted by atomic mass is 10.1. The third-order valence-corrected chi connectivity index (χ3v) is 1.96. The predicted octanol–water partition coefficient (Wildman–Crippen LogP) is 3.46. The summed E-state index contributed by atoms with van der Waals surface area (Å²) in [5, 5.41) is 0.